The van der Waals surface area contributed by atoms with Crippen molar-refractivity contribution >= 4 is 0 Å². The quantitative estimate of drug-likeness (QED) is 0.732. The van der Waals surface area contributed by atoms with Crippen molar-refractivity contribution in [2.75, 3.05) is 20.1 Å². The summed E-state index contributed by atoms with van der Waals surface area (Å²) in [6.45, 7) is 4.76. The molecule has 2 atom stereocenters. The van der Waals surface area contributed by atoms with Gasteiger partial charge in [0, 0.05) is 13.1 Å². The van der Waals surface area contributed by atoms with Crippen molar-refractivity contribution in [3.63, 3.8) is 0 Å². The molecule has 1 heterocycles. The highest BCUT2D eigenvalue weighted by atomic mass is 16.5. The first-order valence-electron chi connectivity index (χ1n) is 7.12. The van der Waals surface area contributed by atoms with Crippen molar-refractivity contribution in [1.29, 1.82) is 0 Å². The fourth-order valence-corrected chi connectivity index (χ4v) is 3.13. The molecule has 0 spiro atoms. The molecule has 16 heavy (non-hydrogen) atoms. The van der Waals surface area contributed by atoms with E-state index in [1.807, 2.05) is 0 Å². The van der Waals surface area contributed by atoms with Crippen LogP contribution in [0.2, 0.25) is 0 Å². The summed E-state index contributed by atoms with van der Waals surface area (Å²) < 4.78 is 6.29. The fourth-order valence-electron chi connectivity index (χ4n) is 3.13. The van der Waals surface area contributed by atoms with Crippen LogP contribution in [0.3, 0.4) is 0 Å². The van der Waals surface area contributed by atoms with Crippen LogP contribution in [-0.4, -0.2) is 37.2 Å². The van der Waals surface area contributed by atoms with Crippen LogP contribution in [0.15, 0.2) is 0 Å². The van der Waals surface area contributed by atoms with E-state index < -0.39 is 0 Å². The molecule has 1 aliphatic carbocycles. The lowest BCUT2D eigenvalue weighted by Gasteiger charge is -2.35. The Bertz CT molecular complexity index is 199. The minimum Gasteiger partial charge on any atom is -0.375 e. The number of rotatable bonds is 3. The molecular formula is C14H27NO. The van der Waals surface area contributed by atoms with Gasteiger partial charge in [-0.15, -0.1) is 0 Å². The highest BCUT2D eigenvalue weighted by molar-refractivity contribution is 4.76. The van der Waals surface area contributed by atoms with Crippen LogP contribution < -0.4 is 0 Å². The molecule has 1 saturated heterocycles. The van der Waals surface area contributed by atoms with Gasteiger partial charge >= 0.3 is 0 Å². The van der Waals surface area contributed by atoms with E-state index in [9.17, 15) is 0 Å². The van der Waals surface area contributed by atoms with Gasteiger partial charge < -0.3 is 9.64 Å². The lowest BCUT2D eigenvalue weighted by atomic mass is 9.85. The molecule has 2 fully saturated rings. The summed E-state index contributed by atoms with van der Waals surface area (Å²) in [5.74, 6) is 0.935. The van der Waals surface area contributed by atoms with Crippen molar-refractivity contribution in [1.82, 2.24) is 4.90 Å². The van der Waals surface area contributed by atoms with Gasteiger partial charge in [0.15, 0.2) is 0 Å². The molecule has 1 aliphatic heterocycles. The molecule has 0 aromatic heterocycles. The Labute approximate surface area is 100 Å². The summed E-state index contributed by atoms with van der Waals surface area (Å²) in [6, 6.07) is 0. The number of ether oxygens (including phenoxy) is 1. The monoisotopic (exact) mass is 225 g/mol. The maximum Gasteiger partial charge on any atom is 0.0603 e. The fraction of sp³-hybridized carbons (Fsp3) is 1.00. The van der Waals surface area contributed by atoms with Crippen LogP contribution in [0.5, 0.6) is 0 Å². The molecule has 0 radical (unpaired) electrons. The van der Waals surface area contributed by atoms with Crippen molar-refractivity contribution < 1.29 is 4.74 Å². The minimum atomic E-state index is 0.553. The largest absolute Gasteiger partial charge is 0.375 e. The molecule has 1 saturated carbocycles. The van der Waals surface area contributed by atoms with E-state index in [0.717, 1.165) is 5.92 Å². The molecule has 0 bridgehead atoms. The van der Waals surface area contributed by atoms with E-state index in [4.69, 9.17) is 4.74 Å². The maximum atomic E-state index is 6.29. The third kappa shape index (κ3) is 3.46. The zero-order valence-corrected chi connectivity index (χ0v) is 11.0. The van der Waals surface area contributed by atoms with Gasteiger partial charge in [0.05, 0.1) is 12.2 Å². The summed E-state index contributed by atoms with van der Waals surface area (Å²) >= 11 is 0. The van der Waals surface area contributed by atoms with Crippen LogP contribution in [0.4, 0.5) is 0 Å². The minimum absolute atomic E-state index is 0.553. The van der Waals surface area contributed by atoms with E-state index in [0.29, 0.717) is 12.2 Å². The van der Waals surface area contributed by atoms with Gasteiger partial charge in [-0.25, -0.2) is 0 Å². The van der Waals surface area contributed by atoms with Gasteiger partial charge in [-0.3, -0.25) is 0 Å². The first-order valence-corrected chi connectivity index (χ1v) is 7.12. The average Bonchev–Trinajstić information content (AvgIpc) is 2.32. The first-order chi connectivity index (χ1) is 7.78. The van der Waals surface area contributed by atoms with Crippen molar-refractivity contribution in [3.05, 3.63) is 0 Å². The van der Waals surface area contributed by atoms with Gasteiger partial charge in [-0.1, -0.05) is 26.2 Å². The third-order valence-corrected chi connectivity index (χ3v) is 4.36. The second-order valence-corrected chi connectivity index (χ2v) is 5.70. The van der Waals surface area contributed by atoms with Crippen LogP contribution in [-0.2, 0) is 4.74 Å². The van der Waals surface area contributed by atoms with Crippen LogP contribution in [0.25, 0.3) is 0 Å². The molecule has 0 aromatic carbocycles. The Morgan fingerprint density at radius 2 is 1.81 bits per heavy atom. The lowest BCUT2D eigenvalue weighted by molar-refractivity contribution is -0.0619. The topological polar surface area (TPSA) is 12.5 Å². The van der Waals surface area contributed by atoms with Gasteiger partial charge in [-0.2, -0.15) is 0 Å². The van der Waals surface area contributed by atoms with Gasteiger partial charge in [0.25, 0.3) is 0 Å². The summed E-state index contributed by atoms with van der Waals surface area (Å²) in [6.07, 6.45) is 10.4. The zero-order valence-electron chi connectivity index (χ0n) is 11.0. The molecule has 94 valence electrons. The normalized spacial score (nSPS) is 34.1. The molecule has 2 rings (SSSR count). The third-order valence-electron chi connectivity index (χ3n) is 4.36. The van der Waals surface area contributed by atoms with Crippen LogP contribution in [0.1, 0.15) is 51.9 Å². The van der Waals surface area contributed by atoms with Crippen molar-refractivity contribution in [3.8, 4) is 0 Å². The smallest absolute Gasteiger partial charge is 0.0603 e. The van der Waals surface area contributed by atoms with Gasteiger partial charge in [0.2, 0.25) is 0 Å². The molecule has 0 N–H and O–H groups in total. The standard InChI is InChI=1S/C14H27NO/c1-3-12-5-4-6-14(11-12)16-13-7-9-15(2)10-8-13/h12-14H,3-11H2,1-2H3. The SMILES string of the molecule is CCC1CCCC(OC2CCN(C)CC2)C1. The van der Waals surface area contributed by atoms with Gasteiger partial charge in [-0.05, 0) is 38.6 Å². The number of hydrogen-bond acceptors (Lipinski definition) is 2. The Morgan fingerprint density at radius 3 is 2.50 bits per heavy atom. The van der Waals surface area contributed by atoms with Gasteiger partial charge in [0.1, 0.15) is 0 Å². The second kappa shape index (κ2) is 6.02. The Kier molecular flexibility index (Phi) is 4.66. The Morgan fingerprint density at radius 1 is 1.06 bits per heavy atom. The number of likely N-dealkylation sites (tertiary alicyclic amines) is 1. The molecule has 2 unspecified atom stereocenters. The van der Waals surface area contributed by atoms with E-state index >= 15 is 0 Å². The van der Waals surface area contributed by atoms with Crippen molar-refractivity contribution in [2.45, 2.75) is 64.1 Å². The van der Waals surface area contributed by atoms with Crippen LogP contribution >= 0.6 is 0 Å². The summed E-state index contributed by atoms with van der Waals surface area (Å²) in [4.78, 5) is 2.41. The number of hydrogen-bond donors (Lipinski definition) is 0. The summed E-state index contributed by atoms with van der Waals surface area (Å²) in [5, 5.41) is 0. The number of nitrogens with zero attached hydrogens (tertiary/aromatic N) is 1. The highest BCUT2D eigenvalue weighted by Crippen LogP contribution is 2.30. The zero-order chi connectivity index (χ0) is 11.4. The van der Waals surface area contributed by atoms with Crippen LogP contribution in [0, 0.1) is 5.92 Å². The first kappa shape index (κ1) is 12.4. The molecule has 2 aliphatic rings. The van der Waals surface area contributed by atoms with E-state index in [-0.39, 0.29) is 0 Å². The molecule has 0 aromatic rings. The maximum absolute atomic E-state index is 6.29. The second-order valence-electron chi connectivity index (χ2n) is 5.70. The highest BCUT2D eigenvalue weighted by Gasteiger charge is 2.25. The van der Waals surface area contributed by atoms with E-state index in [1.54, 1.807) is 0 Å². The Balaban J connectivity index is 1.72. The summed E-state index contributed by atoms with van der Waals surface area (Å²) in [5.41, 5.74) is 0. The van der Waals surface area contributed by atoms with Crippen molar-refractivity contribution in [2.24, 2.45) is 5.92 Å². The summed E-state index contributed by atoms with van der Waals surface area (Å²) in [7, 11) is 2.21. The van der Waals surface area contributed by atoms with E-state index in [1.165, 1.54) is 58.0 Å². The lowest BCUT2D eigenvalue weighted by Crippen LogP contribution is -2.37. The molecular weight excluding hydrogens is 198 g/mol. The molecule has 0 amide bonds. The molecule has 2 nitrogen and oxygen atoms in total. The average molecular weight is 225 g/mol. The molecule has 2 heteroatoms. The number of piperidine rings is 1. The van der Waals surface area contributed by atoms with E-state index in [2.05, 4.69) is 18.9 Å². The predicted molar refractivity (Wildman–Crippen MR) is 67.6 cm³/mol. The predicted octanol–water partition coefficient (Wildman–Crippen LogP) is 3.07. The Hall–Kier alpha value is -0.0800.